The minimum Gasteiger partial charge on any atom is -0.314 e. The number of aromatic amines is 1. The van der Waals surface area contributed by atoms with Gasteiger partial charge in [0.2, 0.25) is 0 Å². The molecule has 106 valence electrons. The van der Waals surface area contributed by atoms with E-state index < -0.39 is 0 Å². The molecule has 3 rings (SSSR count). The van der Waals surface area contributed by atoms with Gasteiger partial charge >= 0.3 is 0 Å². The van der Waals surface area contributed by atoms with Crippen molar-refractivity contribution in [2.75, 3.05) is 6.54 Å². The molecule has 0 bridgehead atoms. The molecule has 19 heavy (non-hydrogen) atoms. The van der Waals surface area contributed by atoms with Crippen molar-refractivity contribution in [3.8, 4) is 0 Å². The number of rotatable bonds is 5. The Labute approximate surface area is 115 Å². The van der Waals surface area contributed by atoms with Crippen LogP contribution in [0, 0.1) is 11.8 Å². The number of hydrogen-bond acceptors (Lipinski definition) is 3. The topological polar surface area (TPSA) is 53.6 Å². The summed E-state index contributed by atoms with van der Waals surface area (Å²) in [6, 6.07) is 0.772. The molecule has 1 aromatic heterocycles. The van der Waals surface area contributed by atoms with Crippen molar-refractivity contribution < 1.29 is 0 Å². The third-order valence-electron chi connectivity index (χ3n) is 5.03. The van der Waals surface area contributed by atoms with Crippen molar-refractivity contribution in [1.82, 2.24) is 20.5 Å². The van der Waals surface area contributed by atoms with Crippen LogP contribution in [0.4, 0.5) is 0 Å². The lowest BCUT2D eigenvalue weighted by molar-refractivity contribution is 0.144. The summed E-state index contributed by atoms with van der Waals surface area (Å²) in [5.74, 6) is 3.09. The molecule has 2 fully saturated rings. The Kier molecular flexibility index (Phi) is 4.49. The average Bonchev–Trinajstić information content (AvgIpc) is 2.97. The van der Waals surface area contributed by atoms with E-state index in [1.807, 2.05) is 0 Å². The number of aromatic nitrogens is 3. The van der Waals surface area contributed by atoms with Crippen LogP contribution in [-0.2, 0) is 6.42 Å². The summed E-state index contributed by atoms with van der Waals surface area (Å²) < 4.78 is 0. The molecule has 3 unspecified atom stereocenters. The molecule has 0 aromatic carbocycles. The SMILES string of the molecule is c1n[nH]c(CCCNC2CCC3CCCCC3C2)n1. The Hall–Kier alpha value is -0.900. The maximum Gasteiger partial charge on any atom is 0.137 e. The molecule has 1 heterocycles. The predicted molar refractivity (Wildman–Crippen MR) is 75.8 cm³/mol. The lowest BCUT2D eigenvalue weighted by Gasteiger charge is -2.39. The van der Waals surface area contributed by atoms with Crippen molar-refractivity contribution in [2.24, 2.45) is 11.8 Å². The molecular weight excluding hydrogens is 236 g/mol. The Morgan fingerprint density at radius 3 is 2.89 bits per heavy atom. The number of fused-ring (bicyclic) bond motifs is 1. The Bertz CT molecular complexity index is 362. The largest absolute Gasteiger partial charge is 0.314 e. The van der Waals surface area contributed by atoms with Crippen LogP contribution in [0.1, 0.15) is 57.2 Å². The normalized spacial score (nSPS) is 31.1. The Morgan fingerprint density at radius 2 is 2.05 bits per heavy atom. The number of H-pyrrole nitrogens is 1. The lowest BCUT2D eigenvalue weighted by atomic mass is 9.69. The molecule has 2 saturated carbocycles. The van der Waals surface area contributed by atoms with Crippen LogP contribution in [0.25, 0.3) is 0 Å². The molecule has 2 aliphatic rings. The van der Waals surface area contributed by atoms with Gasteiger partial charge in [-0.15, -0.1) is 0 Å². The lowest BCUT2D eigenvalue weighted by Crippen LogP contribution is -2.39. The van der Waals surface area contributed by atoms with Crippen molar-refractivity contribution in [1.29, 1.82) is 0 Å². The van der Waals surface area contributed by atoms with Gasteiger partial charge in [0.15, 0.2) is 0 Å². The quantitative estimate of drug-likeness (QED) is 0.802. The number of aryl methyl sites for hydroxylation is 1. The summed E-state index contributed by atoms with van der Waals surface area (Å²) in [6.45, 7) is 1.11. The highest BCUT2D eigenvalue weighted by Crippen LogP contribution is 2.40. The van der Waals surface area contributed by atoms with Gasteiger partial charge < -0.3 is 5.32 Å². The van der Waals surface area contributed by atoms with Gasteiger partial charge in [-0.05, 0) is 44.1 Å². The van der Waals surface area contributed by atoms with E-state index in [1.165, 1.54) is 44.9 Å². The van der Waals surface area contributed by atoms with E-state index in [4.69, 9.17) is 0 Å². The Balaban J connectivity index is 1.34. The maximum atomic E-state index is 4.16. The van der Waals surface area contributed by atoms with Crippen LogP contribution in [0.5, 0.6) is 0 Å². The molecule has 4 nitrogen and oxygen atoms in total. The van der Waals surface area contributed by atoms with E-state index in [9.17, 15) is 0 Å². The summed E-state index contributed by atoms with van der Waals surface area (Å²) in [7, 11) is 0. The molecule has 0 saturated heterocycles. The third kappa shape index (κ3) is 3.56. The summed E-state index contributed by atoms with van der Waals surface area (Å²) in [5.41, 5.74) is 0. The molecule has 3 atom stereocenters. The summed E-state index contributed by atoms with van der Waals surface area (Å²) >= 11 is 0. The van der Waals surface area contributed by atoms with Gasteiger partial charge in [0, 0.05) is 12.5 Å². The highest BCUT2D eigenvalue weighted by atomic mass is 15.2. The zero-order chi connectivity index (χ0) is 12.9. The molecule has 2 N–H and O–H groups in total. The first-order chi connectivity index (χ1) is 9.42. The number of nitrogens with one attached hydrogen (secondary N) is 2. The first kappa shape index (κ1) is 13.1. The van der Waals surface area contributed by atoms with Crippen molar-refractivity contribution in [3.63, 3.8) is 0 Å². The second kappa shape index (κ2) is 6.51. The molecule has 4 heteroatoms. The fourth-order valence-electron chi connectivity index (χ4n) is 3.97. The number of hydrogen-bond donors (Lipinski definition) is 2. The standard InChI is InChI=1S/C15H26N4/c1-2-5-13-10-14(8-7-12(13)4-1)16-9-3-6-15-17-11-18-19-15/h11-14,16H,1-10H2,(H,17,18,19). The fraction of sp³-hybridized carbons (Fsp3) is 0.867. The average molecular weight is 262 g/mol. The predicted octanol–water partition coefficient (Wildman–Crippen LogP) is 2.69. The number of nitrogens with zero attached hydrogens (tertiary/aromatic N) is 2. The molecular formula is C15H26N4. The van der Waals surface area contributed by atoms with E-state index in [0.29, 0.717) is 0 Å². The van der Waals surface area contributed by atoms with Gasteiger partial charge in [-0.2, -0.15) is 5.10 Å². The Morgan fingerprint density at radius 1 is 1.16 bits per heavy atom. The van der Waals surface area contributed by atoms with Crippen molar-refractivity contribution in [2.45, 2.75) is 63.8 Å². The fourth-order valence-corrected chi connectivity index (χ4v) is 3.97. The highest BCUT2D eigenvalue weighted by Gasteiger charge is 2.31. The molecule has 0 spiro atoms. The van der Waals surface area contributed by atoms with Crippen LogP contribution in [0.3, 0.4) is 0 Å². The summed E-state index contributed by atoms with van der Waals surface area (Å²) in [5, 5.41) is 10.6. The summed E-state index contributed by atoms with van der Waals surface area (Å²) in [6.07, 6.45) is 14.0. The van der Waals surface area contributed by atoms with Gasteiger partial charge in [0.1, 0.15) is 12.2 Å². The van der Waals surface area contributed by atoms with Gasteiger partial charge in [0.05, 0.1) is 0 Å². The maximum absolute atomic E-state index is 4.16. The first-order valence-electron chi connectivity index (χ1n) is 7.99. The van der Waals surface area contributed by atoms with Gasteiger partial charge in [-0.25, -0.2) is 4.98 Å². The van der Waals surface area contributed by atoms with E-state index in [0.717, 1.165) is 43.1 Å². The zero-order valence-corrected chi connectivity index (χ0v) is 11.8. The van der Waals surface area contributed by atoms with E-state index in [2.05, 4.69) is 20.5 Å². The molecule has 0 aliphatic heterocycles. The third-order valence-corrected chi connectivity index (χ3v) is 5.03. The molecule has 0 radical (unpaired) electrons. The molecule has 2 aliphatic carbocycles. The highest BCUT2D eigenvalue weighted by molar-refractivity contribution is 4.86. The smallest absolute Gasteiger partial charge is 0.137 e. The van der Waals surface area contributed by atoms with E-state index in [-0.39, 0.29) is 0 Å². The summed E-state index contributed by atoms with van der Waals surface area (Å²) in [4.78, 5) is 4.16. The second-order valence-electron chi connectivity index (χ2n) is 6.30. The van der Waals surface area contributed by atoms with Crippen LogP contribution in [-0.4, -0.2) is 27.8 Å². The monoisotopic (exact) mass is 262 g/mol. The molecule has 1 aromatic rings. The first-order valence-corrected chi connectivity index (χ1v) is 7.99. The van der Waals surface area contributed by atoms with Gasteiger partial charge in [-0.3, -0.25) is 5.10 Å². The van der Waals surface area contributed by atoms with Crippen LogP contribution >= 0.6 is 0 Å². The van der Waals surface area contributed by atoms with Gasteiger partial charge in [0.25, 0.3) is 0 Å². The van der Waals surface area contributed by atoms with Crippen molar-refractivity contribution >= 4 is 0 Å². The van der Waals surface area contributed by atoms with Crippen molar-refractivity contribution in [3.05, 3.63) is 12.2 Å². The van der Waals surface area contributed by atoms with Gasteiger partial charge in [-0.1, -0.05) is 25.7 Å². The molecule has 0 amide bonds. The van der Waals surface area contributed by atoms with Crippen LogP contribution in [0.15, 0.2) is 6.33 Å². The van der Waals surface area contributed by atoms with E-state index in [1.54, 1.807) is 6.33 Å². The minimum absolute atomic E-state index is 0.772. The van der Waals surface area contributed by atoms with Crippen LogP contribution in [0.2, 0.25) is 0 Å². The zero-order valence-electron chi connectivity index (χ0n) is 11.8. The van der Waals surface area contributed by atoms with E-state index >= 15 is 0 Å². The second-order valence-corrected chi connectivity index (χ2v) is 6.30. The van der Waals surface area contributed by atoms with Crippen LogP contribution < -0.4 is 5.32 Å². The minimum atomic E-state index is 0.772.